The Morgan fingerprint density at radius 2 is 1.23 bits per heavy atom. The lowest BCUT2D eigenvalue weighted by Gasteiger charge is -2.21. The molecule has 0 unspecified atom stereocenters. The van der Waals surface area contributed by atoms with Crippen molar-refractivity contribution in [3.05, 3.63) is 169 Å². The predicted molar refractivity (Wildman–Crippen MR) is 220 cm³/mol. The first-order chi connectivity index (χ1) is 26.0. The standard InChI is InChI=1S/C49H32N4/c1-49(2)39-17-6-4-15-33(39)35-27-36-34-16-5-9-20-43(34)52(46(36)28-40(35)49)32-14-11-13-29(24-32)30-22-23-44-37(25-30)47-38(26-31-12-3-7-18-41(31)50-47)48-51-42-19-8-10-21-45(42)53(44)48/h3-28H,1-2H3. The lowest BCUT2D eigenvalue weighted by atomic mass is 9.82. The summed E-state index contributed by atoms with van der Waals surface area (Å²) in [6.45, 7) is 4.72. The molecule has 0 radical (unpaired) electrons. The van der Waals surface area contributed by atoms with Gasteiger partial charge >= 0.3 is 0 Å². The van der Waals surface area contributed by atoms with Crippen molar-refractivity contribution in [1.82, 2.24) is 18.9 Å². The molecule has 0 spiro atoms. The first kappa shape index (κ1) is 28.9. The number of rotatable bonds is 2. The lowest BCUT2D eigenvalue weighted by Crippen LogP contribution is -2.14. The number of aromatic nitrogens is 4. The molecule has 4 nitrogen and oxygen atoms in total. The third kappa shape index (κ3) is 3.84. The summed E-state index contributed by atoms with van der Waals surface area (Å²) in [4.78, 5) is 10.4. The van der Waals surface area contributed by atoms with Crippen LogP contribution < -0.4 is 0 Å². The highest BCUT2D eigenvalue weighted by atomic mass is 15.0. The summed E-state index contributed by atoms with van der Waals surface area (Å²) in [5.74, 6) is 0. The first-order valence-electron chi connectivity index (χ1n) is 18.3. The summed E-state index contributed by atoms with van der Waals surface area (Å²) in [5, 5.41) is 5.83. The normalized spacial score (nSPS) is 13.6. The van der Waals surface area contributed by atoms with Gasteiger partial charge in [-0.2, -0.15) is 0 Å². The molecule has 11 aromatic rings. The van der Waals surface area contributed by atoms with Crippen molar-refractivity contribution in [2.24, 2.45) is 0 Å². The molecule has 4 aromatic heterocycles. The van der Waals surface area contributed by atoms with Crippen LogP contribution in [0.5, 0.6) is 0 Å². The molecule has 0 bridgehead atoms. The molecule has 0 N–H and O–H groups in total. The van der Waals surface area contributed by atoms with Crippen molar-refractivity contribution in [2.45, 2.75) is 19.3 Å². The summed E-state index contributed by atoms with van der Waals surface area (Å²) in [6, 6.07) is 57.5. The van der Waals surface area contributed by atoms with Crippen LogP contribution in [0.15, 0.2) is 158 Å². The molecule has 0 amide bonds. The Hall–Kier alpha value is -6.78. The molecule has 0 saturated carbocycles. The molecule has 12 rings (SSSR count). The minimum Gasteiger partial charge on any atom is -0.309 e. The summed E-state index contributed by atoms with van der Waals surface area (Å²) < 4.78 is 4.76. The molecule has 4 heteroatoms. The Morgan fingerprint density at radius 3 is 2.15 bits per heavy atom. The van der Waals surface area contributed by atoms with Gasteiger partial charge in [-0.25, -0.2) is 9.97 Å². The fourth-order valence-corrected chi connectivity index (χ4v) is 9.31. The smallest absolute Gasteiger partial charge is 0.147 e. The molecule has 1 aliphatic rings. The van der Waals surface area contributed by atoms with E-state index in [9.17, 15) is 0 Å². The molecular formula is C49H32N4. The summed E-state index contributed by atoms with van der Waals surface area (Å²) in [5.41, 5.74) is 17.4. The van der Waals surface area contributed by atoms with Gasteiger partial charge in [0.1, 0.15) is 5.65 Å². The Morgan fingerprint density at radius 1 is 0.453 bits per heavy atom. The number of hydrogen-bond donors (Lipinski definition) is 0. The highest BCUT2D eigenvalue weighted by molar-refractivity contribution is 6.15. The van der Waals surface area contributed by atoms with Crippen LogP contribution >= 0.6 is 0 Å². The van der Waals surface area contributed by atoms with E-state index in [1.54, 1.807) is 0 Å². The van der Waals surface area contributed by atoms with Crippen LogP contribution in [-0.4, -0.2) is 18.9 Å². The Bertz CT molecular complexity index is 3380. The van der Waals surface area contributed by atoms with Crippen LogP contribution in [0.2, 0.25) is 0 Å². The largest absolute Gasteiger partial charge is 0.309 e. The van der Waals surface area contributed by atoms with Gasteiger partial charge in [0.05, 0.1) is 38.6 Å². The number of pyridine rings is 2. The number of imidazole rings is 1. The number of benzene rings is 7. The highest BCUT2D eigenvalue weighted by Gasteiger charge is 2.36. The van der Waals surface area contributed by atoms with Crippen LogP contribution in [0.3, 0.4) is 0 Å². The van der Waals surface area contributed by atoms with Crippen LogP contribution in [0.4, 0.5) is 0 Å². The second-order valence-electron chi connectivity index (χ2n) is 15.1. The zero-order valence-electron chi connectivity index (χ0n) is 29.3. The molecule has 0 fully saturated rings. The molecule has 0 aliphatic heterocycles. The van der Waals surface area contributed by atoms with E-state index in [0.29, 0.717) is 0 Å². The first-order valence-corrected chi connectivity index (χ1v) is 18.3. The minimum absolute atomic E-state index is 0.0809. The van der Waals surface area contributed by atoms with E-state index in [2.05, 4.69) is 181 Å². The van der Waals surface area contributed by atoms with E-state index in [4.69, 9.17) is 9.97 Å². The number of hydrogen-bond acceptors (Lipinski definition) is 2. The fourth-order valence-electron chi connectivity index (χ4n) is 9.31. The third-order valence-electron chi connectivity index (χ3n) is 11.8. The maximum atomic E-state index is 5.29. The van der Waals surface area contributed by atoms with Crippen molar-refractivity contribution < 1.29 is 0 Å². The second-order valence-corrected chi connectivity index (χ2v) is 15.1. The van der Waals surface area contributed by atoms with E-state index in [0.717, 1.165) is 66.2 Å². The third-order valence-corrected chi connectivity index (χ3v) is 11.8. The van der Waals surface area contributed by atoms with E-state index < -0.39 is 0 Å². The zero-order chi connectivity index (χ0) is 35.0. The monoisotopic (exact) mass is 676 g/mol. The second kappa shape index (κ2) is 10.2. The van der Waals surface area contributed by atoms with Crippen LogP contribution in [0, 0.1) is 0 Å². The molecule has 1 aliphatic carbocycles. The molecule has 4 heterocycles. The van der Waals surface area contributed by atoms with E-state index in [-0.39, 0.29) is 5.41 Å². The van der Waals surface area contributed by atoms with Gasteiger partial charge < -0.3 is 4.57 Å². The number of fused-ring (bicyclic) bond motifs is 15. The maximum Gasteiger partial charge on any atom is 0.147 e. The SMILES string of the molecule is CC1(C)c2ccccc2-c2cc3c4ccccc4n(-c4cccc(-c5ccc6c(c5)c5nc7ccccc7cc5c5nc7ccccc7n65)c4)c3cc21. The molecule has 53 heavy (non-hydrogen) atoms. The minimum atomic E-state index is -0.0809. The average molecular weight is 677 g/mol. The quantitative estimate of drug-likeness (QED) is 0.135. The lowest BCUT2D eigenvalue weighted by molar-refractivity contribution is 0.661. The van der Waals surface area contributed by atoms with Crippen molar-refractivity contribution >= 4 is 71.2 Å². The van der Waals surface area contributed by atoms with Gasteiger partial charge in [0.2, 0.25) is 0 Å². The van der Waals surface area contributed by atoms with Gasteiger partial charge in [-0.3, -0.25) is 4.40 Å². The van der Waals surface area contributed by atoms with Crippen molar-refractivity contribution in [2.75, 3.05) is 0 Å². The van der Waals surface area contributed by atoms with Gasteiger partial charge in [-0.1, -0.05) is 105 Å². The van der Waals surface area contributed by atoms with Crippen molar-refractivity contribution in [3.8, 4) is 27.9 Å². The Kier molecular flexibility index (Phi) is 5.54. The topological polar surface area (TPSA) is 35.1 Å². The summed E-state index contributed by atoms with van der Waals surface area (Å²) in [7, 11) is 0. The van der Waals surface area contributed by atoms with Crippen LogP contribution in [-0.2, 0) is 5.41 Å². The van der Waals surface area contributed by atoms with Gasteiger partial charge in [0.25, 0.3) is 0 Å². The predicted octanol–water partition coefficient (Wildman–Crippen LogP) is 12.4. The van der Waals surface area contributed by atoms with Gasteiger partial charge in [-0.05, 0) is 100 Å². The van der Waals surface area contributed by atoms with E-state index in [1.807, 2.05) is 0 Å². The van der Waals surface area contributed by atoms with E-state index >= 15 is 0 Å². The fraction of sp³-hybridized carbons (Fsp3) is 0.0612. The van der Waals surface area contributed by atoms with Gasteiger partial charge in [-0.15, -0.1) is 0 Å². The molecule has 248 valence electrons. The Balaban J connectivity index is 1.10. The molecular weight excluding hydrogens is 645 g/mol. The van der Waals surface area contributed by atoms with Crippen LogP contribution in [0.25, 0.3) is 99.1 Å². The highest BCUT2D eigenvalue weighted by Crippen LogP contribution is 2.51. The zero-order valence-corrected chi connectivity index (χ0v) is 29.3. The Labute approximate surface area is 305 Å². The van der Waals surface area contributed by atoms with Crippen molar-refractivity contribution in [1.29, 1.82) is 0 Å². The molecule has 0 saturated heterocycles. The number of para-hydroxylation sites is 4. The average Bonchev–Trinajstić information content (AvgIpc) is 3.82. The number of nitrogens with zero attached hydrogens (tertiary/aromatic N) is 4. The van der Waals surface area contributed by atoms with Gasteiger partial charge in [0.15, 0.2) is 0 Å². The maximum absolute atomic E-state index is 5.29. The van der Waals surface area contributed by atoms with E-state index in [1.165, 1.54) is 44.1 Å². The summed E-state index contributed by atoms with van der Waals surface area (Å²) in [6.07, 6.45) is 0. The summed E-state index contributed by atoms with van der Waals surface area (Å²) >= 11 is 0. The van der Waals surface area contributed by atoms with Crippen LogP contribution in [0.1, 0.15) is 25.0 Å². The molecule has 0 atom stereocenters. The molecule has 7 aromatic carbocycles. The van der Waals surface area contributed by atoms with Gasteiger partial charge in [0, 0.05) is 38.0 Å². The van der Waals surface area contributed by atoms with Crippen molar-refractivity contribution in [3.63, 3.8) is 0 Å².